The third-order valence-corrected chi connectivity index (χ3v) is 5.71. The number of anilines is 1. The number of nitrogens with one attached hydrogen (secondary N) is 2. The van der Waals surface area contributed by atoms with Crippen LogP contribution >= 0.6 is 0 Å². The molecule has 5 rings (SSSR count). The minimum absolute atomic E-state index is 0.149. The predicted octanol–water partition coefficient (Wildman–Crippen LogP) is 6.27. The van der Waals surface area contributed by atoms with Gasteiger partial charge in [-0.3, -0.25) is 0 Å². The Kier molecular flexibility index (Phi) is 6.34. The summed E-state index contributed by atoms with van der Waals surface area (Å²) in [6, 6.07) is 37.3. The molecule has 0 aromatic heterocycles. The Morgan fingerprint density at radius 2 is 1.41 bits per heavy atom. The van der Waals surface area contributed by atoms with Crippen molar-refractivity contribution in [1.29, 1.82) is 0 Å². The third-order valence-electron chi connectivity index (χ3n) is 5.71. The summed E-state index contributed by atoms with van der Waals surface area (Å²) in [7, 11) is 0. The van der Waals surface area contributed by atoms with Gasteiger partial charge in [-0.05, 0) is 34.9 Å². The van der Waals surface area contributed by atoms with Crippen LogP contribution < -0.4 is 10.6 Å². The van der Waals surface area contributed by atoms with Gasteiger partial charge in [0.2, 0.25) is 5.90 Å². The van der Waals surface area contributed by atoms with Gasteiger partial charge < -0.3 is 15.4 Å². The molecule has 34 heavy (non-hydrogen) atoms. The van der Waals surface area contributed by atoms with Gasteiger partial charge in [0, 0.05) is 17.8 Å². The monoisotopic (exact) mass is 447 g/mol. The third kappa shape index (κ3) is 4.99. The first kappa shape index (κ1) is 21.5. The molecule has 0 unspecified atom stereocenters. The van der Waals surface area contributed by atoms with Crippen LogP contribution in [0.1, 0.15) is 34.4 Å². The quantitative estimate of drug-likeness (QED) is 0.366. The van der Waals surface area contributed by atoms with Crippen LogP contribution in [0.5, 0.6) is 0 Å². The van der Waals surface area contributed by atoms with Gasteiger partial charge in [-0.15, -0.1) is 0 Å². The van der Waals surface area contributed by atoms with Crippen LogP contribution in [-0.2, 0) is 11.3 Å². The molecule has 2 amide bonds. The van der Waals surface area contributed by atoms with Gasteiger partial charge in [0.25, 0.3) is 0 Å². The molecule has 5 nitrogen and oxygen atoms in total. The Bertz CT molecular complexity index is 1270. The normalized spacial score (nSPS) is 16.9. The standard InChI is InChI=1S/C29H25N3O2/c33-29(30-20-21-11-4-1-5-12-21)31-25-18-10-17-24(19-25)28-32-26(22-13-6-2-7-14-22)27(34-28)23-15-8-3-9-16-23/h1-19,26-27H,20H2,(H2,30,31,33)/t26-,27-/m1/s1. The highest BCUT2D eigenvalue weighted by Gasteiger charge is 2.34. The molecule has 4 aromatic rings. The summed E-state index contributed by atoms with van der Waals surface area (Å²) < 4.78 is 6.39. The fourth-order valence-corrected chi connectivity index (χ4v) is 4.03. The second-order valence-corrected chi connectivity index (χ2v) is 8.11. The first-order valence-corrected chi connectivity index (χ1v) is 11.3. The lowest BCUT2D eigenvalue weighted by Crippen LogP contribution is -2.28. The Hall–Kier alpha value is -4.38. The number of aliphatic imine (C=N–C) groups is 1. The predicted molar refractivity (Wildman–Crippen MR) is 135 cm³/mol. The van der Waals surface area contributed by atoms with Crippen LogP contribution in [0, 0.1) is 0 Å². The summed E-state index contributed by atoms with van der Waals surface area (Å²) >= 11 is 0. The Morgan fingerprint density at radius 1 is 0.765 bits per heavy atom. The number of ether oxygens (including phenoxy) is 1. The summed E-state index contributed by atoms with van der Waals surface area (Å²) in [5.41, 5.74) is 4.71. The SMILES string of the molecule is O=C(NCc1ccccc1)Nc1cccc(C2=N[C@H](c3ccccc3)[C@@H](c3ccccc3)O2)c1. The molecule has 168 valence electrons. The van der Waals surface area contributed by atoms with E-state index in [1.807, 2.05) is 91.0 Å². The van der Waals surface area contributed by atoms with Crippen LogP contribution in [0.25, 0.3) is 0 Å². The molecule has 5 heteroatoms. The zero-order chi connectivity index (χ0) is 23.2. The number of benzene rings is 4. The number of urea groups is 1. The molecular weight excluding hydrogens is 422 g/mol. The van der Waals surface area contributed by atoms with Crippen molar-refractivity contribution in [2.24, 2.45) is 4.99 Å². The molecule has 0 aliphatic carbocycles. The number of hydrogen-bond acceptors (Lipinski definition) is 3. The van der Waals surface area contributed by atoms with E-state index in [1.54, 1.807) is 0 Å². The Morgan fingerprint density at radius 3 is 2.12 bits per heavy atom. The summed E-state index contributed by atoms with van der Waals surface area (Å²) in [5.74, 6) is 0.566. The fourth-order valence-electron chi connectivity index (χ4n) is 4.03. The van der Waals surface area contributed by atoms with E-state index >= 15 is 0 Å². The van der Waals surface area contributed by atoms with Crippen LogP contribution in [0.15, 0.2) is 120 Å². The second-order valence-electron chi connectivity index (χ2n) is 8.11. The number of rotatable bonds is 6. The molecule has 4 aromatic carbocycles. The smallest absolute Gasteiger partial charge is 0.319 e. The van der Waals surface area contributed by atoms with Crippen LogP contribution in [0.2, 0.25) is 0 Å². The molecule has 1 heterocycles. The Balaban J connectivity index is 1.34. The highest BCUT2D eigenvalue weighted by Crippen LogP contribution is 2.41. The zero-order valence-electron chi connectivity index (χ0n) is 18.6. The van der Waals surface area contributed by atoms with Gasteiger partial charge in [-0.2, -0.15) is 0 Å². The van der Waals surface area contributed by atoms with Crippen molar-refractivity contribution in [2.45, 2.75) is 18.7 Å². The highest BCUT2D eigenvalue weighted by atomic mass is 16.5. The van der Waals surface area contributed by atoms with E-state index in [2.05, 4.69) is 34.9 Å². The second kappa shape index (κ2) is 10.0. The van der Waals surface area contributed by atoms with Crippen molar-refractivity contribution in [2.75, 3.05) is 5.32 Å². The number of carbonyl (C=O) groups excluding carboxylic acids is 1. The molecule has 1 aliphatic rings. The first-order valence-electron chi connectivity index (χ1n) is 11.3. The van der Waals surface area contributed by atoms with Crippen molar-refractivity contribution < 1.29 is 9.53 Å². The van der Waals surface area contributed by atoms with Crippen molar-refractivity contribution >= 4 is 17.6 Å². The average molecular weight is 448 g/mol. The van der Waals surface area contributed by atoms with Gasteiger partial charge in [-0.25, -0.2) is 9.79 Å². The Labute approximate surface area is 199 Å². The molecule has 0 bridgehead atoms. The number of amides is 2. The minimum atomic E-state index is -0.264. The summed E-state index contributed by atoms with van der Waals surface area (Å²) in [6.07, 6.45) is -0.218. The van der Waals surface area contributed by atoms with E-state index < -0.39 is 0 Å². The minimum Gasteiger partial charge on any atom is -0.467 e. The topological polar surface area (TPSA) is 62.7 Å². The molecular formula is C29H25N3O2. The largest absolute Gasteiger partial charge is 0.467 e. The molecule has 0 fully saturated rings. The maximum absolute atomic E-state index is 12.4. The molecule has 2 N–H and O–H groups in total. The van der Waals surface area contributed by atoms with Gasteiger partial charge in [0.1, 0.15) is 6.04 Å². The maximum atomic E-state index is 12.4. The first-order chi connectivity index (χ1) is 16.8. The number of hydrogen-bond donors (Lipinski definition) is 2. The van der Waals surface area contributed by atoms with Gasteiger partial charge >= 0.3 is 6.03 Å². The molecule has 2 atom stereocenters. The van der Waals surface area contributed by atoms with Crippen molar-refractivity contribution in [1.82, 2.24) is 5.32 Å². The van der Waals surface area contributed by atoms with Crippen molar-refractivity contribution in [3.63, 3.8) is 0 Å². The lowest BCUT2D eigenvalue weighted by molar-refractivity contribution is 0.197. The molecule has 0 radical (unpaired) electrons. The molecule has 0 saturated carbocycles. The molecule has 1 aliphatic heterocycles. The van der Waals surface area contributed by atoms with Crippen molar-refractivity contribution in [3.8, 4) is 0 Å². The molecule has 0 saturated heterocycles. The van der Waals surface area contributed by atoms with Gasteiger partial charge in [0.15, 0.2) is 6.10 Å². The fraction of sp³-hybridized carbons (Fsp3) is 0.103. The summed E-state index contributed by atoms with van der Waals surface area (Å²) in [4.78, 5) is 17.4. The van der Waals surface area contributed by atoms with E-state index in [0.29, 0.717) is 18.1 Å². The van der Waals surface area contributed by atoms with Crippen molar-refractivity contribution in [3.05, 3.63) is 138 Å². The van der Waals surface area contributed by atoms with Crippen LogP contribution in [0.4, 0.5) is 10.5 Å². The number of carbonyl (C=O) groups is 1. The van der Waals surface area contributed by atoms with Gasteiger partial charge in [-0.1, -0.05) is 97.1 Å². The molecule has 0 spiro atoms. The average Bonchev–Trinajstić information content (AvgIpc) is 3.35. The van der Waals surface area contributed by atoms with E-state index in [1.165, 1.54) is 0 Å². The van der Waals surface area contributed by atoms with Gasteiger partial charge in [0.05, 0.1) is 0 Å². The lowest BCUT2D eigenvalue weighted by Gasteiger charge is -2.18. The lowest BCUT2D eigenvalue weighted by atomic mass is 9.97. The van der Waals surface area contributed by atoms with E-state index in [4.69, 9.17) is 9.73 Å². The van der Waals surface area contributed by atoms with Crippen LogP contribution in [0.3, 0.4) is 0 Å². The van der Waals surface area contributed by atoms with E-state index in [-0.39, 0.29) is 18.2 Å². The van der Waals surface area contributed by atoms with E-state index in [0.717, 1.165) is 22.3 Å². The number of nitrogens with zero attached hydrogens (tertiary/aromatic N) is 1. The van der Waals surface area contributed by atoms with E-state index in [9.17, 15) is 4.79 Å². The summed E-state index contributed by atoms with van der Waals surface area (Å²) in [5, 5.41) is 5.78. The summed E-state index contributed by atoms with van der Waals surface area (Å²) in [6.45, 7) is 0.458. The highest BCUT2D eigenvalue weighted by molar-refractivity contribution is 5.98. The zero-order valence-corrected chi connectivity index (χ0v) is 18.6. The van der Waals surface area contributed by atoms with Crippen LogP contribution in [-0.4, -0.2) is 11.9 Å². The maximum Gasteiger partial charge on any atom is 0.319 e.